The lowest BCUT2D eigenvalue weighted by atomic mass is 9.67. The molecule has 1 aromatic rings. The number of ether oxygens (including phenoxy) is 2. The molecule has 2 fully saturated rings. The highest BCUT2D eigenvalue weighted by molar-refractivity contribution is 6.30. The predicted octanol–water partition coefficient (Wildman–Crippen LogP) is 1.95. The van der Waals surface area contributed by atoms with Crippen molar-refractivity contribution in [3.63, 3.8) is 0 Å². The minimum Gasteiger partial charge on any atom is -0.492 e. The van der Waals surface area contributed by atoms with Gasteiger partial charge in [-0.15, -0.1) is 0 Å². The Hall–Kier alpha value is -1.30. The van der Waals surface area contributed by atoms with Crippen molar-refractivity contribution in [3.8, 4) is 5.75 Å². The summed E-state index contributed by atoms with van der Waals surface area (Å²) in [7, 11) is 1.83. The lowest BCUT2D eigenvalue weighted by Crippen LogP contribution is -2.69. The Labute approximate surface area is 141 Å². The van der Waals surface area contributed by atoms with E-state index in [1.54, 1.807) is 17.0 Å². The van der Waals surface area contributed by atoms with Gasteiger partial charge in [-0.3, -0.25) is 4.79 Å². The Bertz CT molecular complexity index is 561. The largest absolute Gasteiger partial charge is 0.492 e. The van der Waals surface area contributed by atoms with Crippen LogP contribution in [-0.4, -0.2) is 56.8 Å². The summed E-state index contributed by atoms with van der Waals surface area (Å²) in [6, 6.07) is 7.20. The molecule has 1 unspecified atom stereocenters. The summed E-state index contributed by atoms with van der Waals surface area (Å²) in [6.07, 6.45) is 1.92. The maximum absolute atomic E-state index is 12.6. The van der Waals surface area contributed by atoms with Gasteiger partial charge >= 0.3 is 0 Å². The summed E-state index contributed by atoms with van der Waals surface area (Å²) in [6.45, 7) is 3.43. The van der Waals surface area contributed by atoms with Crippen LogP contribution >= 0.6 is 11.6 Å². The van der Waals surface area contributed by atoms with Gasteiger partial charge in [0.15, 0.2) is 0 Å². The normalized spacial score (nSPS) is 22.4. The summed E-state index contributed by atoms with van der Waals surface area (Å²) in [5.74, 6) is 0.869. The zero-order chi connectivity index (χ0) is 16.3. The van der Waals surface area contributed by atoms with Crippen molar-refractivity contribution in [1.82, 2.24) is 10.2 Å². The van der Waals surface area contributed by atoms with Crippen molar-refractivity contribution in [1.29, 1.82) is 0 Å². The first-order valence-corrected chi connectivity index (χ1v) is 8.43. The zero-order valence-corrected chi connectivity index (χ0v) is 14.1. The lowest BCUT2D eigenvalue weighted by molar-refractivity contribution is -0.145. The smallest absolute Gasteiger partial charge is 0.240 e. The predicted molar refractivity (Wildman–Crippen MR) is 88.9 cm³/mol. The molecule has 0 aromatic heterocycles. The second kappa shape index (κ2) is 7.07. The average molecular weight is 339 g/mol. The lowest BCUT2D eigenvalue weighted by Gasteiger charge is -2.52. The van der Waals surface area contributed by atoms with Gasteiger partial charge in [-0.05, 0) is 31.0 Å². The van der Waals surface area contributed by atoms with Gasteiger partial charge in [-0.2, -0.15) is 0 Å². The second-order valence-electron chi connectivity index (χ2n) is 6.35. The first-order chi connectivity index (χ1) is 11.1. The average Bonchev–Trinajstić information content (AvgIpc) is 2.54. The molecule has 3 rings (SSSR count). The summed E-state index contributed by atoms with van der Waals surface area (Å²) in [5.41, 5.74) is 0.0946. The van der Waals surface area contributed by atoms with E-state index < -0.39 is 0 Å². The molecule has 1 spiro atoms. The van der Waals surface area contributed by atoms with E-state index in [2.05, 4.69) is 5.32 Å². The molecule has 0 radical (unpaired) electrons. The first kappa shape index (κ1) is 16.6. The number of nitrogens with zero attached hydrogens (tertiary/aromatic N) is 1. The van der Waals surface area contributed by atoms with Crippen LogP contribution < -0.4 is 10.1 Å². The second-order valence-corrected chi connectivity index (χ2v) is 6.79. The molecule has 2 aliphatic heterocycles. The van der Waals surface area contributed by atoms with Crippen LogP contribution in [0.1, 0.15) is 12.8 Å². The van der Waals surface area contributed by atoms with Crippen molar-refractivity contribution in [2.45, 2.75) is 18.9 Å². The summed E-state index contributed by atoms with van der Waals surface area (Å²) in [4.78, 5) is 14.4. The first-order valence-electron chi connectivity index (χ1n) is 8.05. The van der Waals surface area contributed by atoms with E-state index in [1.807, 2.05) is 19.2 Å². The fourth-order valence-corrected chi connectivity index (χ4v) is 3.45. The van der Waals surface area contributed by atoms with Gasteiger partial charge in [0.1, 0.15) is 12.4 Å². The molecule has 6 heteroatoms. The Morgan fingerprint density at radius 2 is 2.26 bits per heavy atom. The van der Waals surface area contributed by atoms with Crippen molar-refractivity contribution in [3.05, 3.63) is 29.3 Å². The van der Waals surface area contributed by atoms with Crippen LogP contribution in [-0.2, 0) is 9.53 Å². The Morgan fingerprint density at radius 3 is 2.91 bits per heavy atom. The SMILES string of the molecule is CN(CCOc1cccc(Cl)c1)C(=O)C1NCC12CCOCC2. The van der Waals surface area contributed by atoms with Gasteiger partial charge in [0.25, 0.3) is 0 Å². The van der Waals surface area contributed by atoms with E-state index in [0.29, 0.717) is 18.2 Å². The zero-order valence-electron chi connectivity index (χ0n) is 13.4. The van der Waals surface area contributed by atoms with E-state index >= 15 is 0 Å². The fourth-order valence-electron chi connectivity index (χ4n) is 3.27. The highest BCUT2D eigenvalue weighted by Gasteiger charge is 2.51. The molecule has 23 heavy (non-hydrogen) atoms. The van der Waals surface area contributed by atoms with E-state index in [1.165, 1.54) is 0 Å². The third-order valence-corrected chi connectivity index (χ3v) is 5.11. The molecule has 2 aliphatic rings. The molecule has 1 aromatic carbocycles. The number of likely N-dealkylation sites (N-methyl/N-ethyl adjacent to an activating group) is 1. The molecule has 1 N–H and O–H groups in total. The molecule has 126 valence electrons. The van der Waals surface area contributed by atoms with Crippen LogP contribution in [0.3, 0.4) is 0 Å². The van der Waals surface area contributed by atoms with E-state index in [0.717, 1.165) is 38.3 Å². The number of hydrogen-bond donors (Lipinski definition) is 1. The highest BCUT2D eigenvalue weighted by Crippen LogP contribution is 2.40. The minimum atomic E-state index is -0.0810. The number of carbonyl (C=O) groups is 1. The molecule has 2 heterocycles. The third-order valence-electron chi connectivity index (χ3n) is 4.87. The van der Waals surface area contributed by atoms with Crippen LogP contribution in [0.2, 0.25) is 5.02 Å². The number of rotatable bonds is 5. The van der Waals surface area contributed by atoms with Crippen LogP contribution in [0, 0.1) is 5.41 Å². The third kappa shape index (κ3) is 3.62. The van der Waals surface area contributed by atoms with Crippen LogP contribution in [0.25, 0.3) is 0 Å². The summed E-state index contributed by atoms with van der Waals surface area (Å²) < 4.78 is 11.1. The van der Waals surface area contributed by atoms with Crippen molar-refractivity contribution in [2.75, 3.05) is 40.0 Å². The van der Waals surface area contributed by atoms with E-state index in [9.17, 15) is 4.79 Å². The van der Waals surface area contributed by atoms with Crippen molar-refractivity contribution in [2.24, 2.45) is 5.41 Å². The van der Waals surface area contributed by atoms with Crippen molar-refractivity contribution < 1.29 is 14.3 Å². The van der Waals surface area contributed by atoms with Gasteiger partial charge in [-0.25, -0.2) is 0 Å². The van der Waals surface area contributed by atoms with Crippen LogP contribution in [0.15, 0.2) is 24.3 Å². The summed E-state index contributed by atoms with van der Waals surface area (Å²) in [5, 5.41) is 3.94. The number of nitrogens with one attached hydrogen (secondary N) is 1. The molecule has 1 atom stereocenters. The van der Waals surface area contributed by atoms with E-state index in [4.69, 9.17) is 21.1 Å². The topological polar surface area (TPSA) is 50.8 Å². The molecule has 2 saturated heterocycles. The van der Waals surface area contributed by atoms with Gasteiger partial charge in [-0.1, -0.05) is 17.7 Å². The quantitative estimate of drug-likeness (QED) is 0.891. The molecular weight excluding hydrogens is 316 g/mol. The molecule has 0 saturated carbocycles. The van der Waals surface area contributed by atoms with E-state index in [-0.39, 0.29) is 17.4 Å². The molecule has 5 nitrogen and oxygen atoms in total. The maximum atomic E-state index is 12.6. The minimum absolute atomic E-state index is 0.0810. The Morgan fingerprint density at radius 1 is 1.48 bits per heavy atom. The molecule has 1 amide bonds. The fraction of sp³-hybridized carbons (Fsp3) is 0.588. The highest BCUT2D eigenvalue weighted by atomic mass is 35.5. The van der Waals surface area contributed by atoms with Gasteiger partial charge in [0, 0.05) is 37.2 Å². The van der Waals surface area contributed by atoms with Gasteiger partial charge in [0.05, 0.1) is 12.6 Å². The Balaban J connectivity index is 1.48. The number of hydrogen-bond acceptors (Lipinski definition) is 4. The van der Waals surface area contributed by atoms with Crippen molar-refractivity contribution >= 4 is 17.5 Å². The number of carbonyl (C=O) groups excluding carboxylic acids is 1. The van der Waals surface area contributed by atoms with Gasteiger partial charge < -0.3 is 19.7 Å². The maximum Gasteiger partial charge on any atom is 0.240 e. The number of amides is 1. The van der Waals surface area contributed by atoms with Crippen LogP contribution in [0.4, 0.5) is 0 Å². The molecule has 0 aliphatic carbocycles. The summed E-state index contributed by atoms with van der Waals surface area (Å²) >= 11 is 5.92. The monoisotopic (exact) mass is 338 g/mol. The van der Waals surface area contributed by atoms with Crippen LogP contribution in [0.5, 0.6) is 5.75 Å². The number of halogens is 1. The molecule has 0 bridgehead atoms. The standard InChI is InChI=1S/C17H23ClN2O3/c1-20(7-10-23-14-4-2-3-13(18)11-14)16(21)15-17(12-19-15)5-8-22-9-6-17/h2-4,11,15,19H,5-10,12H2,1H3. The Kier molecular flexibility index (Phi) is 5.09. The van der Waals surface area contributed by atoms with Gasteiger partial charge in [0.2, 0.25) is 5.91 Å². The molecular formula is C17H23ClN2O3. The number of benzene rings is 1.